The summed E-state index contributed by atoms with van der Waals surface area (Å²) >= 11 is 5.56. The number of aromatic nitrogens is 2. The van der Waals surface area contributed by atoms with Crippen molar-refractivity contribution in [3.63, 3.8) is 0 Å². The van der Waals surface area contributed by atoms with Crippen molar-refractivity contribution in [2.45, 2.75) is 13.3 Å². The largest absolute Gasteiger partial charge is 0.267 e. The second-order valence-corrected chi connectivity index (χ2v) is 4.88. The van der Waals surface area contributed by atoms with Gasteiger partial charge in [-0.05, 0) is 6.42 Å². The van der Waals surface area contributed by atoms with Crippen LogP contribution in [-0.4, -0.2) is 24.1 Å². The highest BCUT2D eigenvalue weighted by Gasteiger charge is 2.09. The standard InChI is InChI=1S/C7H10ClN3O2S/c1-2-3-14(12,13)11-7-4-6(8)9-5-10-7/h4-5H,2-3H2,1H3,(H,9,10,11). The summed E-state index contributed by atoms with van der Waals surface area (Å²) in [4.78, 5) is 7.36. The first kappa shape index (κ1) is 11.2. The third-order valence-electron chi connectivity index (χ3n) is 1.37. The van der Waals surface area contributed by atoms with Gasteiger partial charge in [-0.2, -0.15) is 0 Å². The van der Waals surface area contributed by atoms with Crippen LogP contribution in [-0.2, 0) is 10.0 Å². The van der Waals surface area contributed by atoms with E-state index in [9.17, 15) is 8.42 Å². The molecular formula is C7H10ClN3O2S. The van der Waals surface area contributed by atoms with Crippen LogP contribution in [0.1, 0.15) is 13.3 Å². The van der Waals surface area contributed by atoms with Crippen molar-refractivity contribution in [3.8, 4) is 0 Å². The lowest BCUT2D eigenvalue weighted by molar-refractivity contribution is 0.599. The van der Waals surface area contributed by atoms with Crippen molar-refractivity contribution in [1.82, 2.24) is 9.97 Å². The molecule has 0 aromatic carbocycles. The summed E-state index contributed by atoms with van der Waals surface area (Å²) < 4.78 is 24.9. The molecule has 0 bridgehead atoms. The number of hydrogen-bond acceptors (Lipinski definition) is 4. The Morgan fingerprint density at radius 2 is 2.21 bits per heavy atom. The van der Waals surface area contributed by atoms with Crippen molar-refractivity contribution in [3.05, 3.63) is 17.5 Å². The summed E-state index contributed by atoms with van der Waals surface area (Å²) in [5, 5.41) is 0.203. The van der Waals surface area contributed by atoms with Crippen LogP contribution >= 0.6 is 11.6 Å². The molecule has 1 N–H and O–H groups in total. The number of sulfonamides is 1. The highest BCUT2D eigenvalue weighted by Crippen LogP contribution is 2.10. The van der Waals surface area contributed by atoms with E-state index in [1.807, 2.05) is 0 Å². The predicted octanol–water partition coefficient (Wildman–Crippen LogP) is 1.28. The normalized spacial score (nSPS) is 11.3. The molecule has 0 spiro atoms. The zero-order chi connectivity index (χ0) is 10.6. The molecule has 0 unspecified atom stereocenters. The van der Waals surface area contributed by atoms with Gasteiger partial charge >= 0.3 is 0 Å². The van der Waals surface area contributed by atoms with Gasteiger partial charge in [0.05, 0.1) is 5.75 Å². The molecule has 0 amide bonds. The minimum absolute atomic E-state index is 0.0641. The number of nitrogens with one attached hydrogen (secondary N) is 1. The molecule has 0 atom stereocenters. The zero-order valence-corrected chi connectivity index (χ0v) is 9.14. The lowest BCUT2D eigenvalue weighted by Crippen LogP contribution is -2.16. The third kappa shape index (κ3) is 3.47. The van der Waals surface area contributed by atoms with Crippen LogP contribution in [0, 0.1) is 0 Å². The minimum atomic E-state index is -3.30. The lowest BCUT2D eigenvalue weighted by Gasteiger charge is -2.04. The van der Waals surface area contributed by atoms with E-state index >= 15 is 0 Å². The van der Waals surface area contributed by atoms with Crippen LogP contribution < -0.4 is 4.72 Å². The van der Waals surface area contributed by atoms with Crippen LogP contribution in [0.3, 0.4) is 0 Å². The van der Waals surface area contributed by atoms with Crippen LogP contribution in [0.5, 0.6) is 0 Å². The molecule has 1 aromatic rings. The van der Waals surface area contributed by atoms with E-state index in [1.54, 1.807) is 6.92 Å². The number of halogens is 1. The Balaban J connectivity index is 2.79. The van der Waals surface area contributed by atoms with Crippen molar-refractivity contribution in [1.29, 1.82) is 0 Å². The third-order valence-corrected chi connectivity index (χ3v) is 3.04. The number of rotatable bonds is 4. The van der Waals surface area contributed by atoms with E-state index < -0.39 is 10.0 Å². The number of anilines is 1. The Bertz CT molecular complexity index is 407. The SMILES string of the molecule is CCCS(=O)(=O)Nc1cc(Cl)ncn1. The average molecular weight is 236 g/mol. The first-order chi connectivity index (χ1) is 6.53. The zero-order valence-electron chi connectivity index (χ0n) is 7.57. The fraction of sp³-hybridized carbons (Fsp3) is 0.429. The summed E-state index contributed by atoms with van der Waals surface area (Å²) in [6, 6.07) is 1.36. The summed E-state index contributed by atoms with van der Waals surface area (Å²) in [7, 11) is -3.30. The fourth-order valence-corrected chi connectivity index (χ4v) is 2.09. The van der Waals surface area contributed by atoms with Gasteiger partial charge in [-0.3, -0.25) is 4.72 Å². The molecule has 0 radical (unpaired) electrons. The fourth-order valence-electron chi connectivity index (χ4n) is 0.868. The smallest absolute Gasteiger partial charge is 0.233 e. The van der Waals surface area contributed by atoms with Crippen molar-refractivity contribution < 1.29 is 8.42 Å². The van der Waals surface area contributed by atoms with Crippen molar-refractivity contribution >= 4 is 27.4 Å². The highest BCUT2D eigenvalue weighted by atomic mass is 35.5. The van der Waals surface area contributed by atoms with Crippen LogP contribution in [0.4, 0.5) is 5.82 Å². The topological polar surface area (TPSA) is 72.0 Å². The highest BCUT2D eigenvalue weighted by molar-refractivity contribution is 7.92. The van der Waals surface area contributed by atoms with E-state index in [2.05, 4.69) is 14.7 Å². The van der Waals surface area contributed by atoms with E-state index in [-0.39, 0.29) is 16.7 Å². The monoisotopic (exact) mass is 235 g/mol. The van der Waals surface area contributed by atoms with E-state index in [1.165, 1.54) is 12.4 Å². The molecule has 0 aliphatic heterocycles. The molecule has 14 heavy (non-hydrogen) atoms. The average Bonchev–Trinajstić information content (AvgIpc) is 2.02. The Hall–Kier alpha value is -0.880. The Morgan fingerprint density at radius 1 is 1.50 bits per heavy atom. The molecule has 78 valence electrons. The number of nitrogens with zero attached hydrogens (tertiary/aromatic N) is 2. The maximum Gasteiger partial charge on any atom is 0.233 e. The van der Waals surface area contributed by atoms with Crippen LogP contribution in [0.25, 0.3) is 0 Å². The van der Waals surface area contributed by atoms with Gasteiger partial charge in [-0.15, -0.1) is 0 Å². The maximum absolute atomic E-state index is 11.3. The molecule has 5 nitrogen and oxygen atoms in total. The first-order valence-electron chi connectivity index (χ1n) is 4.01. The molecule has 1 aromatic heterocycles. The quantitative estimate of drug-likeness (QED) is 0.798. The van der Waals surface area contributed by atoms with Gasteiger partial charge in [0.25, 0.3) is 0 Å². The van der Waals surface area contributed by atoms with Gasteiger partial charge in [0.1, 0.15) is 17.3 Å². The second-order valence-electron chi connectivity index (χ2n) is 2.65. The molecule has 1 heterocycles. The first-order valence-corrected chi connectivity index (χ1v) is 6.04. The second kappa shape index (κ2) is 4.56. The lowest BCUT2D eigenvalue weighted by atomic mass is 10.6. The van der Waals surface area contributed by atoms with Crippen molar-refractivity contribution in [2.75, 3.05) is 10.5 Å². The Kier molecular flexibility index (Phi) is 3.65. The maximum atomic E-state index is 11.3. The van der Waals surface area contributed by atoms with Crippen LogP contribution in [0.2, 0.25) is 5.15 Å². The molecule has 0 fully saturated rings. The van der Waals surface area contributed by atoms with Gasteiger partial charge in [0.2, 0.25) is 10.0 Å². The number of hydrogen-bond donors (Lipinski definition) is 1. The summed E-state index contributed by atoms with van der Waals surface area (Å²) in [6.07, 6.45) is 1.75. The summed E-state index contributed by atoms with van der Waals surface area (Å²) in [5.74, 6) is 0.257. The van der Waals surface area contributed by atoms with Gasteiger partial charge in [0.15, 0.2) is 0 Å². The molecule has 0 aliphatic carbocycles. The molecular weight excluding hydrogens is 226 g/mol. The minimum Gasteiger partial charge on any atom is -0.267 e. The van der Waals surface area contributed by atoms with Crippen molar-refractivity contribution in [2.24, 2.45) is 0 Å². The van der Waals surface area contributed by atoms with Gasteiger partial charge in [-0.1, -0.05) is 18.5 Å². The molecule has 7 heteroatoms. The Morgan fingerprint density at radius 3 is 2.79 bits per heavy atom. The summed E-state index contributed by atoms with van der Waals surface area (Å²) in [6.45, 7) is 1.78. The van der Waals surface area contributed by atoms with Gasteiger partial charge in [-0.25, -0.2) is 18.4 Å². The van der Waals surface area contributed by atoms with E-state index in [4.69, 9.17) is 11.6 Å². The molecule has 1 rings (SSSR count). The predicted molar refractivity (Wildman–Crippen MR) is 54.7 cm³/mol. The van der Waals surface area contributed by atoms with Crippen LogP contribution in [0.15, 0.2) is 12.4 Å². The molecule has 0 aliphatic rings. The molecule has 0 saturated heterocycles. The van der Waals surface area contributed by atoms with Gasteiger partial charge in [0, 0.05) is 6.07 Å². The molecule has 0 saturated carbocycles. The summed E-state index contributed by atoms with van der Waals surface area (Å²) in [5.41, 5.74) is 0. The Labute approximate surface area is 87.6 Å². The van der Waals surface area contributed by atoms with E-state index in [0.29, 0.717) is 6.42 Å². The van der Waals surface area contributed by atoms with E-state index in [0.717, 1.165) is 0 Å². The van der Waals surface area contributed by atoms with Gasteiger partial charge < -0.3 is 0 Å².